The average Bonchev–Trinajstić information content (AvgIpc) is 2.43. The topological polar surface area (TPSA) is 52.0 Å². The number of nitrogens with two attached hydrogens (primary N) is 2. The van der Waals surface area contributed by atoms with Gasteiger partial charge >= 0.3 is 0 Å². The standard InChI is InChI=1S/C19H32N2/c1-6-8-17-15(3)13-16(9-11-20)14-19(17,5)18(4,7-2)10-12-21/h2,8,15-17H,1,9-14,20-21H2,3-5H3. The highest BCUT2D eigenvalue weighted by Gasteiger charge is 2.52. The van der Waals surface area contributed by atoms with Crippen molar-refractivity contribution in [3.05, 3.63) is 18.4 Å². The Labute approximate surface area is 131 Å². The second-order valence-electron chi connectivity index (χ2n) is 7.19. The molecule has 1 saturated carbocycles. The maximum Gasteiger partial charge on any atom is 0.0355 e. The van der Waals surface area contributed by atoms with E-state index in [4.69, 9.17) is 17.9 Å². The highest BCUT2D eigenvalue weighted by molar-refractivity contribution is 5.17. The van der Waals surface area contributed by atoms with Gasteiger partial charge in [0, 0.05) is 5.41 Å². The molecule has 0 aromatic carbocycles. The molecule has 2 heteroatoms. The van der Waals surface area contributed by atoms with Crippen LogP contribution in [0.4, 0.5) is 0 Å². The Morgan fingerprint density at radius 3 is 2.57 bits per heavy atom. The van der Waals surface area contributed by atoms with Crippen LogP contribution < -0.4 is 11.5 Å². The first-order valence-electron chi connectivity index (χ1n) is 8.12. The molecule has 5 unspecified atom stereocenters. The predicted octanol–water partition coefficient (Wildman–Crippen LogP) is 3.33. The number of hydrogen-bond acceptors (Lipinski definition) is 2. The first-order chi connectivity index (χ1) is 9.88. The van der Waals surface area contributed by atoms with E-state index >= 15 is 0 Å². The van der Waals surface area contributed by atoms with Gasteiger partial charge < -0.3 is 11.5 Å². The van der Waals surface area contributed by atoms with E-state index in [0.29, 0.717) is 24.3 Å². The van der Waals surface area contributed by atoms with Gasteiger partial charge in [0.25, 0.3) is 0 Å². The van der Waals surface area contributed by atoms with Crippen molar-refractivity contribution in [1.82, 2.24) is 0 Å². The number of hydrogen-bond donors (Lipinski definition) is 2. The molecule has 5 atom stereocenters. The molecule has 2 nitrogen and oxygen atoms in total. The molecule has 0 aliphatic heterocycles. The molecule has 0 amide bonds. The molecule has 0 radical (unpaired) electrons. The first kappa shape index (κ1) is 18.1. The molecule has 0 saturated heterocycles. The number of rotatable bonds is 6. The summed E-state index contributed by atoms with van der Waals surface area (Å²) in [6.07, 6.45) is 12.3. The molecule has 0 aromatic heterocycles. The highest BCUT2D eigenvalue weighted by atomic mass is 14.6. The minimum Gasteiger partial charge on any atom is -0.330 e. The molecule has 21 heavy (non-hydrogen) atoms. The van der Waals surface area contributed by atoms with Gasteiger partial charge in [-0.15, -0.1) is 12.2 Å². The third-order valence-corrected chi connectivity index (χ3v) is 5.86. The van der Waals surface area contributed by atoms with Crippen molar-refractivity contribution in [3.8, 4) is 12.3 Å². The summed E-state index contributed by atoms with van der Waals surface area (Å²) in [5.74, 6) is 4.70. The average molecular weight is 288 g/mol. The van der Waals surface area contributed by atoms with Crippen molar-refractivity contribution in [1.29, 1.82) is 0 Å². The van der Waals surface area contributed by atoms with Gasteiger partial charge in [-0.1, -0.05) is 26.3 Å². The monoisotopic (exact) mass is 288 g/mol. The van der Waals surface area contributed by atoms with Crippen LogP contribution >= 0.6 is 0 Å². The van der Waals surface area contributed by atoms with Crippen LogP contribution in [0.15, 0.2) is 18.4 Å². The Bertz CT molecular complexity index is 429. The highest BCUT2D eigenvalue weighted by Crippen LogP contribution is 2.58. The van der Waals surface area contributed by atoms with Gasteiger partial charge in [-0.2, -0.15) is 0 Å². The predicted molar refractivity (Wildman–Crippen MR) is 91.5 cm³/mol. The van der Waals surface area contributed by atoms with Gasteiger partial charge in [0.1, 0.15) is 0 Å². The first-order valence-corrected chi connectivity index (χ1v) is 8.12. The summed E-state index contributed by atoms with van der Waals surface area (Å²) in [6, 6.07) is 0. The smallest absolute Gasteiger partial charge is 0.0355 e. The molecule has 0 spiro atoms. The summed E-state index contributed by atoms with van der Waals surface area (Å²) in [6.45, 7) is 12.0. The van der Waals surface area contributed by atoms with Crippen LogP contribution in [0, 0.1) is 40.9 Å². The van der Waals surface area contributed by atoms with Gasteiger partial charge in [-0.25, -0.2) is 0 Å². The van der Waals surface area contributed by atoms with Crippen LogP contribution in [0.1, 0.15) is 46.5 Å². The Balaban J connectivity index is 3.26. The SMILES string of the molecule is C#CC(C)(CCN)C1(C)CC(CCN)CC(C)C1C=C=C. The minimum atomic E-state index is -0.207. The zero-order chi connectivity index (χ0) is 16.1. The fourth-order valence-corrected chi connectivity index (χ4v) is 4.45. The largest absolute Gasteiger partial charge is 0.330 e. The van der Waals surface area contributed by atoms with Gasteiger partial charge in [0.15, 0.2) is 0 Å². The van der Waals surface area contributed by atoms with E-state index in [0.717, 1.165) is 25.8 Å². The number of allylic oxidation sites excluding steroid dienone is 1. The fraction of sp³-hybridized carbons (Fsp3) is 0.737. The zero-order valence-corrected chi connectivity index (χ0v) is 14.0. The molecule has 0 heterocycles. The van der Waals surface area contributed by atoms with Crippen LogP contribution in [0.3, 0.4) is 0 Å². The normalized spacial score (nSPS) is 35.3. The van der Waals surface area contributed by atoms with Crippen LogP contribution in [-0.2, 0) is 0 Å². The van der Waals surface area contributed by atoms with Crippen molar-refractivity contribution < 1.29 is 0 Å². The Morgan fingerprint density at radius 1 is 1.43 bits per heavy atom. The van der Waals surface area contributed by atoms with E-state index in [1.54, 1.807) is 0 Å². The van der Waals surface area contributed by atoms with E-state index in [2.05, 4.69) is 45.1 Å². The fourth-order valence-electron chi connectivity index (χ4n) is 4.45. The maximum absolute atomic E-state index is 5.95. The van der Waals surface area contributed by atoms with Crippen LogP contribution in [-0.4, -0.2) is 13.1 Å². The summed E-state index contributed by atoms with van der Waals surface area (Å²) < 4.78 is 0. The molecule has 4 N–H and O–H groups in total. The maximum atomic E-state index is 5.95. The number of terminal acetylenes is 1. The van der Waals surface area contributed by atoms with E-state index in [1.807, 2.05) is 0 Å². The molecular weight excluding hydrogens is 256 g/mol. The molecule has 1 aliphatic rings. The lowest BCUT2D eigenvalue weighted by Crippen LogP contribution is -2.49. The molecule has 0 bridgehead atoms. The van der Waals surface area contributed by atoms with Crippen molar-refractivity contribution in [2.75, 3.05) is 13.1 Å². The van der Waals surface area contributed by atoms with Crippen LogP contribution in [0.2, 0.25) is 0 Å². The van der Waals surface area contributed by atoms with Crippen molar-refractivity contribution in [2.45, 2.75) is 46.5 Å². The lowest BCUT2D eigenvalue weighted by Gasteiger charge is -2.54. The van der Waals surface area contributed by atoms with Crippen LogP contribution in [0.25, 0.3) is 0 Å². The molecule has 0 aromatic rings. The summed E-state index contributed by atoms with van der Waals surface area (Å²) in [5, 5.41) is 0. The third-order valence-electron chi connectivity index (χ3n) is 5.86. The molecule has 1 aliphatic carbocycles. The van der Waals surface area contributed by atoms with Gasteiger partial charge in [-0.3, -0.25) is 0 Å². The minimum absolute atomic E-state index is 0.0172. The second-order valence-corrected chi connectivity index (χ2v) is 7.19. The van der Waals surface area contributed by atoms with Crippen LogP contribution in [0.5, 0.6) is 0 Å². The van der Waals surface area contributed by atoms with Crippen molar-refractivity contribution in [3.63, 3.8) is 0 Å². The Hall–Kier alpha value is -1.00. The van der Waals surface area contributed by atoms with Crippen molar-refractivity contribution >= 4 is 0 Å². The molecular formula is C19H32N2. The Morgan fingerprint density at radius 2 is 2.10 bits per heavy atom. The Kier molecular flexibility index (Phi) is 6.29. The van der Waals surface area contributed by atoms with Gasteiger partial charge in [0.05, 0.1) is 0 Å². The summed E-state index contributed by atoms with van der Waals surface area (Å²) in [7, 11) is 0. The quantitative estimate of drug-likeness (QED) is 0.582. The van der Waals surface area contributed by atoms with E-state index in [-0.39, 0.29) is 10.8 Å². The van der Waals surface area contributed by atoms with Gasteiger partial charge in [0.2, 0.25) is 0 Å². The molecule has 118 valence electrons. The molecule has 1 rings (SSSR count). The summed E-state index contributed by atoms with van der Waals surface area (Å²) >= 11 is 0. The summed E-state index contributed by atoms with van der Waals surface area (Å²) in [5.41, 5.74) is 14.5. The lowest BCUT2D eigenvalue weighted by atomic mass is 9.49. The second kappa shape index (κ2) is 7.32. The van der Waals surface area contributed by atoms with Gasteiger partial charge in [-0.05, 0) is 74.9 Å². The van der Waals surface area contributed by atoms with E-state index in [9.17, 15) is 0 Å². The third kappa shape index (κ3) is 3.43. The lowest BCUT2D eigenvalue weighted by molar-refractivity contribution is -0.0261. The van der Waals surface area contributed by atoms with E-state index in [1.165, 1.54) is 6.42 Å². The van der Waals surface area contributed by atoms with Crippen molar-refractivity contribution in [2.24, 2.45) is 40.1 Å². The molecule has 1 fully saturated rings. The van der Waals surface area contributed by atoms with E-state index < -0.39 is 0 Å². The summed E-state index contributed by atoms with van der Waals surface area (Å²) in [4.78, 5) is 0. The zero-order valence-electron chi connectivity index (χ0n) is 14.0.